The molecule has 0 unspecified atom stereocenters. The number of thiophene rings is 1. The molecule has 18 heavy (non-hydrogen) atoms. The van der Waals surface area contributed by atoms with Crippen LogP contribution in [0, 0.1) is 10.5 Å². The van der Waals surface area contributed by atoms with Gasteiger partial charge in [0.05, 0.1) is 6.21 Å². The van der Waals surface area contributed by atoms with E-state index in [0.29, 0.717) is 5.56 Å². The summed E-state index contributed by atoms with van der Waals surface area (Å²) in [6.07, 6.45) is 1.67. The molecule has 0 atom stereocenters. The SMILES string of the molecule is Cc1ccsc1/C=N\NC(=O)c1cccc(I)c1. The van der Waals surface area contributed by atoms with Crippen LogP contribution < -0.4 is 5.43 Å². The van der Waals surface area contributed by atoms with Gasteiger partial charge in [-0.2, -0.15) is 5.10 Å². The van der Waals surface area contributed by atoms with E-state index in [1.165, 1.54) is 0 Å². The first-order valence-corrected chi connectivity index (χ1v) is 7.26. The number of hydrogen-bond donors (Lipinski definition) is 1. The molecule has 0 saturated carbocycles. The van der Waals surface area contributed by atoms with E-state index in [1.807, 2.05) is 36.6 Å². The number of benzene rings is 1. The van der Waals surface area contributed by atoms with E-state index < -0.39 is 0 Å². The monoisotopic (exact) mass is 370 g/mol. The van der Waals surface area contributed by atoms with Crippen molar-refractivity contribution >= 4 is 46.0 Å². The summed E-state index contributed by atoms with van der Waals surface area (Å²) in [5.74, 6) is -0.195. The number of carbonyl (C=O) groups is 1. The highest BCUT2D eigenvalue weighted by Crippen LogP contribution is 2.12. The maximum Gasteiger partial charge on any atom is 0.271 e. The first-order valence-electron chi connectivity index (χ1n) is 5.30. The van der Waals surface area contributed by atoms with Gasteiger partial charge in [0.25, 0.3) is 5.91 Å². The molecule has 2 aromatic rings. The Balaban J connectivity index is 2.01. The van der Waals surface area contributed by atoms with Crippen molar-refractivity contribution in [2.75, 3.05) is 0 Å². The van der Waals surface area contributed by atoms with Crippen molar-refractivity contribution in [2.24, 2.45) is 5.10 Å². The number of hydrogen-bond acceptors (Lipinski definition) is 3. The fraction of sp³-hybridized carbons (Fsp3) is 0.0769. The van der Waals surface area contributed by atoms with Gasteiger partial charge in [-0.3, -0.25) is 4.79 Å². The lowest BCUT2D eigenvalue weighted by atomic mass is 10.2. The van der Waals surface area contributed by atoms with Crippen LogP contribution in [0.1, 0.15) is 20.8 Å². The molecule has 1 aromatic carbocycles. The van der Waals surface area contributed by atoms with Gasteiger partial charge in [0.2, 0.25) is 0 Å². The van der Waals surface area contributed by atoms with Gasteiger partial charge < -0.3 is 0 Å². The smallest absolute Gasteiger partial charge is 0.267 e. The second kappa shape index (κ2) is 6.10. The number of rotatable bonds is 3. The van der Waals surface area contributed by atoms with E-state index in [1.54, 1.807) is 23.6 Å². The van der Waals surface area contributed by atoms with Crippen LogP contribution in [0.3, 0.4) is 0 Å². The zero-order valence-corrected chi connectivity index (χ0v) is 12.7. The molecule has 0 saturated heterocycles. The van der Waals surface area contributed by atoms with Gasteiger partial charge in [-0.25, -0.2) is 5.43 Å². The summed E-state index contributed by atoms with van der Waals surface area (Å²) in [6.45, 7) is 2.01. The number of hydrazone groups is 1. The van der Waals surface area contributed by atoms with E-state index >= 15 is 0 Å². The summed E-state index contributed by atoms with van der Waals surface area (Å²) in [7, 11) is 0. The van der Waals surface area contributed by atoms with Gasteiger partial charge in [0, 0.05) is 14.0 Å². The molecule has 0 bridgehead atoms. The molecule has 0 aliphatic carbocycles. The molecule has 3 nitrogen and oxygen atoms in total. The minimum atomic E-state index is -0.195. The van der Waals surface area contributed by atoms with Gasteiger partial charge in [-0.05, 0) is 64.7 Å². The van der Waals surface area contributed by atoms with E-state index in [4.69, 9.17) is 0 Å². The van der Waals surface area contributed by atoms with Crippen LogP contribution in [0.2, 0.25) is 0 Å². The zero-order valence-electron chi connectivity index (χ0n) is 9.68. The van der Waals surface area contributed by atoms with Crippen LogP contribution in [0.5, 0.6) is 0 Å². The standard InChI is InChI=1S/C13H11IN2OS/c1-9-5-6-18-12(9)8-15-16-13(17)10-3-2-4-11(14)7-10/h2-8H,1H3,(H,16,17)/b15-8-. The second-order valence-corrected chi connectivity index (χ2v) is 5.87. The van der Waals surface area contributed by atoms with Crippen LogP contribution in [-0.2, 0) is 0 Å². The third-order valence-corrected chi connectivity index (χ3v) is 3.96. The van der Waals surface area contributed by atoms with E-state index in [0.717, 1.165) is 14.0 Å². The Morgan fingerprint density at radius 1 is 1.44 bits per heavy atom. The van der Waals surface area contributed by atoms with Crippen LogP contribution in [0.15, 0.2) is 40.8 Å². The Labute approximate surface area is 123 Å². The van der Waals surface area contributed by atoms with E-state index in [9.17, 15) is 4.79 Å². The minimum absolute atomic E-state index is 0.195. The van der Waals surface area contributed by atoms with Crippen molar-refractivity contribution in [3.05, 3.63) is 55.3 Å². The minimum Gasteiger partial charge on any atom is -0.267 e. The predicted molar refractivity (Wildman–Crippen MR) is 83.3 cm³/mol. The zero-order chi connectivity index (χ0) is 13.0. The van der Waals surface area contributed by atoms with Gasteiger partial charge in [-0.1, -0.05) is 6.07 Å². The second-order valence-electron chi connectivity index (χ2n) is 3.68. The van der Waals surface area contributed by atoms with Crippen LogP contribution >= 0.6 is 33.9 Å². The molecule has 1 N–H and O–H groups in total. The maximum atomic E-state index is 11.8. The first kappa shape index (κ1) is 13.2. The molecule has 92 valence electrons. The van der Waals surface area contributed by atoms with Gasteiger partial charge in [0.15, 0.2) is 0 Å². The average molecular weight is 370 g/mol. The van der Waals surface area contributed by atoms with E-state index in [2.05, 4.69) is 33.1 Å². The van der Waals surface area contributed by atoms with Crippen molar-refractivity contribution in [1.29, 1.82) is 0 Å². The van der Waals surface area contributed by atoms with Crippen molar-refractivity contribution in [3.8, 4) is 0 Å². The summed E-state index contributed by atoms with van der Waals surface area (Å²) >= 11 is 3.77. The highest BCUT2D eigenvalue weighted by atomic mass is 127. The predicted octanol–water partition coefficient (Wildman–Crippen LogP) is 3.43. The Hall–Kier alpha value is -1.21. The molecule has 0 spiro atoms. The number of amides is 1. The number of halogens is 1. The molecule has 0 radical (unpaired) electrons. The molecule has 1 aromatic heterocycles. The van der Waals surface area contributed by atoms with Crippen LogP contribution in [0.4, 0.5) is 0 Å². The maximum absolute atomic E-state index is 11.8. The summed E-state index contributed by atoms with van der Waals surface area (Å²) in [4.78, 5) is 12.8. The quantitative estimate of drug-likeness (QED) is 0.502. The molecular formula is C13H11IN2OS. The Morgan fingerprint density at radius 2 is 2.28 bits per heavy atom. The van der Waals surface area contributed by atoms with Gasteiger partial charge in [0.1, 0.15) is 0 Å². The van der Waals surface area contributed by atoms with E-state index in [-0.39, 0.29) is 5.91 Å². The van der Waals surface area contributed by atoms with Crippen LogP contribution in [0.25, 0.3) is 0 Å². The summed E-state index contributed by atoms with van der Waals surface area (Å²) in [6, 6.07) is 9.40. The Bertz CT molecular complexity index is 592. The summed E-state index contributed by atoms with van der Waals surface area (Å²) in [5, 5.41) is 5.96. The Morgan fingerprint density at radius 3 is 2.94 bits per heavy atom. The first-order chi connectivity index (χ1) is 8.66. The lowest BCUT2D eigenvalue weighted by molar-refractivity contribution is 0.0955. The summed E-state index contributed by atoms with van der Waals surface area (Å²) < 4.78 is 1.03. The summed E-state index contributed by atoms with van der Waals surface area (Å²) in [5.41, 5.74) is 4.30. The molecule has 0 aliphatic rings. The number of carbonyl (C=O) groups excluding carboxylic acids is 1. The molecule has 2 rings (SSSR count). The van der Waals surface area contributed by atoms with Crippen molar-refractivity contribution < 1.29 is 4.79 Å². The molecule has 5 heteroatoms. The molecule has 0 fully saturated rings. The number of nitrogens with one attached hydrogen (secondary N) is 1. The Kier molecular flexibility index (Phi) is 4.48. The van der Waals surface area contributed by atoms with Gasteiger partial charge in [-0.15, -0.1) is 11.3 Å². The highest BCUT2D eigenvalue weighted by molar-refractivity contribution is 14.1. The lowest BCUT2D eigenvalue weighted by Crippen LogP contribution is -2.17. The topological polar surface area (TPSA) is 41.5 Å². The number of aryl methyl sites for hydroxylation is 1. The molecule has 1 amide bonds. The molecule has 1 heterocycles. The average Bonchev–Trinajstić information content (AvgIpc) is 2.75. The molecule has 0 aliphatic heterocycles. The lowest BCUT2D eigenvalue weighted by Gasteiger charge is -1.99. The third kappa shape index (κ3) is 3.39. The molecular weight excluding hydrogens is 359 g/mol. The van der Waals surface area contributed by atoms with Crippen molar-refractivity contribution in [1.82, 2.24) is 5.43 Å². The number of nitrogens with zero attached hydrogens (tertiary/aromatic N) is 1. The fourth-order valence-electron chi connectivity index (χ4n) is 1.36. The van der Waals surface area contributed by atoms with Crippen molar-refractivity contribution in [2.45, 2.75) is 6.92 Å². The largest absolute Gasteiger partial charge is 0.271 e. The third-order valence-electron chi connectivity index (χ3n) is 2.34. The highest BCUT2D eigenvalue weighted by Gasteiger charge is 2.03. The van der Waals surface area contributed by atoms with Gasteiger partial charge >= 0.3 is 0 Å². The van der Waals surface area contributed by atoms with Crippen LogP contribution in [-0.4, -0.2) is 12.1 Å². The van der Waals surface area contributed by atoms with Crippen molar-refractivity contribution in [3.63, 3.8) is 0 Å². The normalized spacial score (nSPS) is 10.8. The fourth-order valence-corrected chi connectivity index (χ4v) is 2.69.